The van der Waals surface area contributed by atoms with Gasteiger partial charge in [0, 0.05) is 7.05 Å². The van der Waals surface area contributed by atoms with Crippen molar-refractivity contribution in [3.63, 3.8) is 0 Å². The molecule has 2 aromatic rings. The molecule has 4 heteroatoms. The summed E-state index contributed by atoms with van der Waals surface area (Å²) in [4.78, 5) is 3.95. The fourth-order valence-electron chi connectivity index (χ4n) is 1.54. The molecule has 1 unspecified atom stereocenters. The van der Waals surface area contributed by atoms with Gasteiger partial charge in [-0.25, -0.2) is 4.98 Å². The van der Waals surface area contributed by atoms with E-state index in [0.717, 1.165) is 11.3 Å². The first-order chi connectivity index (χ1) is 7.72. The predicted molar refractivity (Wildman–Crippen MR) is 58.4 cm³/mol. The molecule has 0 spiro atoms. The molecule has 1 aromatic heterocycles. The minimum atomic E-state index is -0.708. The lowest BCUT2D eigenvalue weighted by Crippen LogP contribution is -2.04. The van der Waals surface area contributed by atoms with Gasteiger partial charge in [-0.15, -0.1) is 0 Å². The van der Waals surface area contributed by atoms with E-state index in [-0.39, 0.29) is 0 Å². The van der Waals surface area contributed by atoms with Gasteiger partial charge in [0.05, 0.1) is 29.9 Å². The predicted octanol–water partition coefficient (Wildman–Crippen LogP) is 1.37. The zero-order valence-electron chi connectivity index (χ0n) is 8.83. The third kappa shape index (κ3) is 1.81. The largest absolute Gasteiger partial charge is 0.382 e. The lowest BCUT2D eigenvalue weighted by molar-refractivity contribution is 0.211. The molecule has 0 saturated heterocycles. The highest BCUT2D eigenvalue weighted by molar-refractivity contribution is 5.34. The molecule has 0 saturated carbocycles. The Morgan fingerprint density at radius 1 is 1.38 bits per heavy atom. The highest BCUT2D eigenvalue weighted by Gasteiger charge is 2.13. The number of aromatic nitrogens is 2. The minimum Gasteiger partial charge on any atom is -0.382 e. The molecular weight excluding hydrogens is 202 g/mol. The van der Waals surface area contributed by atoms with Gasteiger partial charge < -0.3 is 9.67 Å². The first kappa shape index (κ1) is 10.4. The average molecular weight is 213 g/mol. The molecular formula is C12H11N3O. The van der Waals surface area contributed by atoms with E-state index in [4.69, 9.17) is 5.26 Å². The number of imidazole rings is 1. The standard InChI is InChI=1S/C12H11N3O/c1-15-8-14-7-11(15)12(16)10-4-2-9(6-13)3-5-10/h2-5,7-8,12,16H,1H3. The Bertz CT molecular complexity index is 522. The van der Waals surface area contributed by atoms with E-state index in [1.807, 2.05) is 13.1 Å². The van der Waals surface area contributed by atoms with Crippen molar-refractivity contribution in [2.45, 2.75) is 6.10 Å². The molecule has 1 N–H and O–H groups in total. The van der Waals surface area contributed by atoms with Crippen molar-refractivity contribution in [1.82, 2.24) is 9.55 Å². The third-order valence-electron chi connectivity index (χ3n) is 2.49. The Balaban J connectivity index is 2.31. The highest BCUT2D eigenvalue weighted by atomic mass is 16.3. The maximum Gasteiger partial charge on any atom is 0.121 e. The van der Waals surface area contributed by atoms with E-state index < -0.39 is 6.10 Å². The van der Waals surface area contributed by atoms with Gasteiger partial charge in [0.2, 0.25) is 0 Å². The van der Waals surface area contributed by atoms with Gasteiger partial charge in [0.1, 0.15) is 6.10 Å². The van der Waals surface area contributed by atoms with Crippen LogP contribution in [0.1, 0.15) is 22.9 Å². The van der Waals surface area contributed by atoms with E-state index in [1.54, 1.807) is 41.4 Å². The lowest BCUT2D eigenvalue weighted by Gasteiger charge is -2.11. The lowest BCUT2D eigenvalue weighted by atomic mass is 10.1. The van der Waals surface area contributed by atoms with Gasteiger partial charge in [0.25, 0.3) is 0 Å². The molecule has 2 rings (SSSR count). The van der Waals surface area contributed by atoms with Crippen LogP contribution in [0.25, 0.3) is 0 Å². The maximum atomic E-state index is 10.1. The van der Waals surface area contributed by atoms with Crippen LogP contribution in [0.15, 0.2) is 36.8 Å². The first-order valence-electron chi connectivity index (χ1n) is 4.86. The quantitative estimate of drug-likeness (QED) is 0.819. The van der Waals surface area contributed by atoms with Crippen LogP contribution in [-0.2, 0) is 7.05 Å². The number of benzene rings is 1. The van der Waals surface area contributed by atoms with Crippen molar-refractivity contribution in [2.75, 3.05) is 0 Å². The van der Waals surface area contributed by atoms with Crippen LogP contribution < -0.4 is 0 Å². The number of hydrogen-bond donors (Lipinski definition) is 1. The van der Waals surface area contributed by atoms with E-state index in [2.05, 4.69) is 4.98 Å². The summed E-state index contributed by atoms with van der Waals surface area (Å²) in [6.07, 6.45) is 2.56. The van der Waals surface area contributed by atoms with Crippen molar-refractivity contribution in [2.24, 2.45) is 7.05 Å². The Kier molecular flexibility index (Phi) is 2.71. The molecule has 0 bridgehead atoms. The summed E-state index contributed by atoms with van der Waals surface area (Å²) in [5.41, 5.74) is 2.06. The molecule has 1 aromatic carbocycles. The SMILES string of the molecule is Cn1cncc1C(O)c1ccc(C#N)cc1. The Labute approximate surface area is 93.4 Å². The molecule has 1 atom stereocenters. The van der Waals surface area contributed by atoms with Crippen molar-refractivity contribution in [1.29, 1.82) is 5.26 Å². The molecule has 0 radical (unpaired) electrons. The number of aliphatic hydroxyl groups is 1. The van der Waals surface area contributed by atoms with Crippen LogP contribution in [0, 0.1) is 11.3 Å². The van der Waals surface area contributed by atoms with Crippen molar-refractivity contribution >= 4 is 0 Å². The van der Waals surface area contributed by atoms with Crippen molar-refractivity contribution in [3.8, 4) is 6.07 Å². The van der Waals surface area contributed by atoms with Crippen LogP contribution in [-0.4, -0.2) is 14.7 Å². The number of rotatable bonds is 2. The Hall–Kier alpha value is -2.12. The number of hydrogen-bond acceptors (Lipinski definition) is 3. The van der Waals surface area contributed by atoms with Gasteiger partial charge in [-0.05, 0) is 17.7 Å². The number of nitrogens with zero attached hydrogens (tertiary/aromatic N) is 3. The van der Waals surface area contributed by atoms with E-state index in [0.29, 0.717) is 5.56 Å². The van der Waals surface area contributed by atoms with Crippen LogP contribution in [0.3, 0.4) is 0 Å². The normalized spacial score (nSPS) is 12.1. The summed E-state index contributed by atoms with van der Waals surface area (Å²) in [6.45, 7) is 0. The molecule has 0 fully saturated rings. The van der Waals surface area contributed by atoms with Gasteiger partial charge in [-0.1, -0.05) is 12.1 Å². The summed E-state index contributed by atoms with van der Waals surface area (Å²) in [5, 5.41) is 18.7. The number of aliphatic hydroxyl groups excluding tert-OH is 1. The topological polar surface area (TPSA) is 61.8 Å². The third-order valence-corrected chi connectivity index (χ3v) is 2.49. The van der Waals surface area contributed by atoms with E-state index in [1.165, 1.54) is 0 Å². The zero-order chi connectivity index (χ0) is 11.5. The summed E-state index contributed by atoms with van der Waals surface area (Å²) in [5.74, 6) is 0. The second-order valence-electron chi connectivity index (χ2n) is 3.57. The highest BCUT2D eigenvalue weighted by Crippen LogP contribution is 2.21. The second-order valence-corrected chi connectivity index (χ2v) is 3.57. The summed E-state index contributed by atoms with van der Waals surface area (Å²) < 4.78 is 1.77. The molecule has 1 heterocycles. The van der Waals surface area contributed by atoms with Gasteiger partial charge in [-0.3, -0.25) is 0 Å². The molecule has 16 heavy (non-hydrogen) atoms. The molecule has 0 aliphatic heterocycles. The number of nitriles is 1. The number of aryl methyl sites for hydroxylation is 1. The monoisotopic (exact) mass is 213 g/mol. The minimum absolute atomic E-state index is 0.584. The van der Waals surface area contributed by atoms with Gasteiger partial charge in [-0.2, -0.15) is 5.26 Å². The maximum absolute atomic E-state index is 10.1. The van der Waals surface area contributed by atoms with E-state index >= 15 is 0 Å². The van der Waals surface area contributed by atoms with Crippen LogP contribution in [0.2, 0.25) is 0 Å². The molecule has 80 valence electrons. The summed E-state index contributed by atoms with van der Waals surface area (Å²) in [6, 6.07) is 8.91. The van der Waals surface area contributed by atoms with Crippen molar-refractivity contribution < 1.29 is 5.11 Å². The fourth-order valence-corrected chi connectivity index (χ4v) is 1.54. The molecule has 0 amide bonds. The van der Waals surface area contributed by atoms with Crippen LogP contribution in [0.5, 0.6) is 0 Å². The van der Waals surface area contributed by atoms with Gasteiger partial charge >= 0.3 is 0 Å². The smallest absolute Gasteiger partial charge is 0.121 e. The Morgan fingerprint density at radius 3 is 2.56 bits per heavy atom. The summed E-state index contributed by atoms with van der Waals surface area (Å²) >= 11 is 0. The van der Waals surface area contributed by atoms with Crippen LogP contribution in [0.4, 0.5) is 0 Å². The fraction of sp³-hybridized carbons (Fsp3) is 0.167. The van der Waals surface area contributed by atoms with Gasteiger partial charge in [0.15, 0.2) is 0 Å². The average Bonchev–Trinajstić information content (AvgIpc) is 2.75. The summed E-state index contributed by atoms with van der Waals surface area (Å²) in [7, 11) is 1.83. The molecule has 4 nitrogen and oxygen atoms in total. The Morgan fingerprint density at radius 2 is 2.06 bits per heavy atom. The molecule has 0 aliphatic rings. The van der Waals surface area contributed by atoms with E-state index in [9.17, 15) is 5.11 Å². The second kappa shape index (κ2) is 4.17. The van der Waals surface area contributed by atoms with Crippen LogP contribution >= 0.6 is 0 Å². The molecule has 0 aliphatic carbocycles. The van der Waals surface area contributed by atoms with Crippen molar-refractivity contribution in [3.05, 3.63) is 53.6 Å². The first-order valence-corrected chi connectivity index (χ1v) is 4.86. The zero-order valence-corrected chi connectivity index (χ0v) is 8.83.